The summed E-state index contributed by atoms with van der Waals surface area (Å²) in [5, 5.41) is 0. The minimum absolute atomic E-state index is 0.535. The molecular formula is C13H21N. The highest BCUT2D eigenvalue weighted by Crippen LogP contribution is 2.36. The Kier molecular flexibility index (Phi) is 2.83. The number of fused-ring (bicyclic) bond motifs is 2. The van der Waals surface area contributed by atoms with E-state index < -0.39 is 0 Å². The van der Waals surface area contributed by atoms with Crippen LogP contribution in [0.5, 0.6) is 0 Å². The fourth-order valence-corrected chi connectivity index (χ4v) is 2.81. The smallest absolute Gasteiger partial charge is 0.0232 e. The molecule has 0 saturated carbocycles. The van der Waals surface area contributed by atoms with E-state index in [0.717, 1.165) is 12.1 Å². The maximum absolute atomic E-state index is 3.47. The van der Waals surface area contributed by atoms with Gasteiger partial charge in [-0.3, -0.25) is 0 Å². The van der Waals surface area contributed by atoms with E-state index >= 15 is 0 Å². The lowest BCUT2D eigenvalue weighted by molar-refractivity contribution is 0.155. The third-order valence-corrected chi connectivity index (χ3v) is 3.67. The van der Waals surface area contributed by atoms with Crippen LogP contribution in [0.3, 0.4) is 0 Å². The largest absolute Gasteiger partial charge is 0.300 e. The summed E-state index contributed by atoms with van der Waals surface area (Å²) in [5.41, 5.74) is 0. The Morgan fingerprint density at radius 2 is 1.71 bits per heavy atom. The molecule has 1 heteroatoms. The predicted octanol–water partition coefficient (Wildman–Crippen LogP) is 2.52. The van der Waals surface area contributed by atoms with E-state index in [-0.39, 0.29) is 0 Å². The molecule has 1 nitrogen and oxygen atoms in total. The summed E-state index contributed by atoms with van der Waals surface area (Å²) in [6.45, 7) is 4.35. The summed E-state index contributed by atoms with van der Waals surface area (Å²) in [7, 11) is 2.29. The number of rotatable bonds is 0. The summed E-state index contributed by atoms with van der Waals surface area (Å²) >= 11 is 0. The Morgan fingerprint density at radius 1 is 1.14 bits per heavy atom. The monoisotopic (exact) mass is 191 g/mol. The molecule has 78 valence electrons. The van der Waals surface area contributed by atoms with Crippen LogP contribution in [0, 0.1) is 23.7 Å². The van der Waals surface area contributed by atoms with Gasteiger partial charge in [0.1, 0.15) is 0 Å². The number of nitrogens with zero attached hydrogens (tertiary/aromatic N) is 1. The van der Waals surface area contributed by atoms with Gasteiger partial charge in [-0.15, -0.1) is 5.92 Å². The van der Waals surface area contributed by atoms with E-state index in [1.807, 2.05) is 0 Å². The third-order valence-electron chi connectivity index (χ3n) is 3.67. The van der Waals surface area contributed by atoms with Crippen LogP contribution in [0.1, 0.15) is 39.5 Å². The van der Waals surface area contributed by atoms with E-state index in [0.29, 0.717) is 11.8 Å². The predicted molar refractivity (Wildman–Crippen MR) is 59.9 cm³/mol. The van der Waals surface area contributed by atoms with E-state index in [9.17, 15) is 0 Å². The highest BCUT2D eigenvalue weighted by Gasteiger charge is 2.37. The Morgan fingerprint density at radius 3 is 2.21 bits per heavy atom. The topological polar surface area (TPSA) is 3.24 Å². The minimum Gasteiger partial charge on any atom is -0.300 e. The first-order chi connectivity index (χ1) is 6.66. The Hall–Kier alpha value is -0.480. The Bertz CT molecular complexity index is 244. The lowest BCUT2D eigenvalue weighted by atomic mass is 9.91. The van der Waals surface area contributed by atoms with E-state index in [1.54, 1.807) is 0 Å². The van der Waals surface area contributed by atoms with Crippen LogP contribution in [0.2, 0.25) is 0 Å². The van der Waals surface area contributed by atoms with Gasteiger partial charge in [-0.05, 0) is 32.7 Å². The average molecular weight is 191 g/mol. The van der Waals surface area contributed by atoms with Gasteiger partial charge in [0.05, 0.1) is 0 Å². The fourth-order valence-electron chi connectivity index (χ4n) is 2.81. The van der Waals surface area contributed by atoms with Crippen molar-refractivity contribution in [2.75, 3.05) is 7.05 Å². The molecule has 0 aromatic rings. The van der Waals surface area contributed by atoms with Crippen LogP contribution < -0.4 is 0 Å². The molecule has 2 atom stereocenters. The van der Waals surface area contributed by atoms with Crippen LogP contribution in [0.15, 0.2) is 0 Å². The van der Waals surface area contributed by atoms with Gasteiger partial charge in [0.15, 0.2) is 0 Å². The molecule has 2 heterocycles. The zero-order valence-electron chi connectivity index (χ0n) is 9.59. The standard InChI is InChI=1S/C13H21N/c1-10(2)4-5-11-8-12-6-7-13(9-11)14(12)3/h10-13H,6-9H2,1-3H3. The first-order valence-electron chi connectivity index (χ1n) is 5.90. The molecule has 2 aliphatic rings. The molecule has 0 radical (unpaired) electrons. The van der Waals surface area contributed by atoms with Crippen molar-refractivity contribution in [3.8, 4) is 11.8 Å². The van der Waals surface area contributed by atoms with Crippen molar-refractivity contribution >= 4 is 0 Å². The summed E-state index contributed by atoms with van der Waals surface area (Å²) in [4.78, 5) is 2.58. The van der Waals surface area contributed by atoms with Crippen LogP contribution >= 0.6 is 0 Å². The quantitative estimate of drug-likeness (QED) is 0.532. The zero-order valence-corrected chi connectivity index (χ0v) is 9.59. The van der Waals surface area contributed by atoms with Crippen molar-refractivity contribution in [1.29, 1.82) is 0 Å². The normalized spacial score (nSPS) is 37.0. The second-order valence-corrected chi connectivity index (χ2v) is 5.16. The number of piperidine rings is 1. The van der Waals surface area contributed by atoms with Gasteiger partial charge in [-0.2, -0.15) is 0 Å². The van der Waals surface area contributed by atoms with Crippen molar-refractivity contribution in [2.45, 2.75) is 51.6 Å². The molecule has 0 N–H and O–H groups in total. The summed E-state index contributed by atoms with van der Waals surface area (Å²) in [6, 6.07) is 1.67. The van der Waals surface area contributed by atoms with Crippen molar-refractivity contribution in [3.05, 3.63) is 0 Å². The van der Waals surface area contributed by atoms with Crippen molar-refractivity contribution in [1.82, 2.24) is 4.90 Å². The average Bonchev–Trinajstić information content (AvgIpc) is 2.41. The summed E-state index contributed by atoms with van der Waals surface area (Å²) in [6.07, 6.45) is 5.43. The number of hydrogen-bond acceptors (Lipinski definition) is 1. The van der Waals surface area contributed by atoms with Gasteiger partial charge < -0.3 is 4.90 Å². The van der Waals surface area contributed by atoms with Gasteiger partial charge in [0.25, 0.3) is 0 Å². The molecule has 0 aromatic carbocycles. The molecule has 2 aliphatic heterocycles. The van der Waals surface area contributed by atoms with Gasteiger partial charge >= 0.3 is 0 Å². The molecule has 0 aliphatic carbocycles. The first kappa shape index (κ1) is 10.1. The van der Waals surface area contributed by atoms with Gasteiger partial charge in [0, 0.05) is 23.9 Å². The maximum Gasteiger partial charge on any atom is 0.0232 e. The molecule has 2 rings (SSSR count). The van der Waals surface area contributed by atoms with Crippen LogP contribution in [-0.2, 0) is 0 Å². The lowest BCUT2D eigenvalue weighted by Gasteiger charge is -2.34. The lowest BCUT2D eigenvalue weighted by Crippen LogP contribution is -2.39. The van der Waals surface area contributed by atoms with E-state index in [2.05, 4.69) is 37.6 Å². The second kappa shape index (κ2) is 3.95. The van der Waals surface area contributed by atoms with Gasteiger partial charge in [-0.25, -0.2) is 0 Å². The maximum atomic E-state index is 3.47. The molecule has 2 bridgehead atoms. The Labute approximate surface area is 87.9 Å². The molecule has 2 unspecified atom stereocenters. The van der Waals surface area contributed by atoms with Gasteiger partial charge in [-0.1, -0.05) is 19.8 Å². The molecule has 0 aromatic heterocycles. The first-order valence-corrected chi connectivity index (χ1v) is 5.90. The SMILES string of the molecule is CC(C)C#CC1CC2CCC(C1)N2C. The molecule has 0 amide bonds. The molecule has 14 heavy (non-hydrogen) atoms. The van der Waals surface area contributed by atoms with Crippen LogP contribution in [0.4, 0.5) is 0 Å². The third kappa shape index (κ3) is 1.96. The minimum atomic E-state index is 0.535. The highest BCUT2D eigenvalue weighted by molar-refractivity contribution is 5.10. The van der Waals surface area contributed by atoms with Crippen molar-refractivity contribution < 1.29 is 0 Å². The fraction of sp³-hybridized carbons (Fsp3) is 0.846. The molecular weight excluding hydrogens is 170 g/mol. The van der Waals surface area contributed by atoms with Crippen LogP contribution in [-0.4, -0.2) is 24.0 Å². The van der Waals surface area contributed by atoms with E-state index in [1.165, 1.54) is 25.7 Å². The zero-order chi connectivity index (χ0) is 10.1. The highest BCUT2D eigenvalue weighted by atomic mass is 15.2. The van der Waals surface area contributed by atoms with Crippen molar-refractivity contribution in [3.63, 3.8) is 0 Å². The second-order valence-electron chi connectivity index (χ2n) is 5.16. The number of hydrogen-bond donors (Lipinski definition) is 0. The van der Waals surface area contributed by atoms with Crippen LogP contribution in [0.25, 0.3) is 0 Å². The summed E-state index contributed by atoms with van der Waals surface area (Å²) in [5.74, 6) is 8.02. The van der Waals surface area contributed by atoms with Gasteiger partial charge in [0.2, 0.25) is 0 Å². The van der Waals surface area contributed by atoms with Crippen molar-refractivity contribution in [2.24, 2.45) is 11.8 Å². The van der Waals surface area contributed by atoms with E-state index in [4.69, 9.17) is 0 Å². The molecule has 0 spiro atoms. The summed E-state index contributed by atoms with van der Waals surface area (Å²) < 4.78 is 0. The Balaban J connectivity index is 1.97. The molecule has 2 saturated heterocycles. The molecule has 2 fully saturated rings.